The molecule has 0 saturated carbocycles. The highest BCUT2D eigenvalue weighted by Crippen LogP contribution is 2.35. The van der Waals surface area contributed by atoms with Crippen LogP contribution >= 0.6 is 0 Å². The molecule has 0 amide bonds. The summed E-state index contributed by atoms with van der Waals surface area (Å²) in [5, 5.41) is 0. The molecule has 2 aromatic carbocycles. The number of benzene rings is 2. The average molecular weight is 841 g/mol. The first-order chi connectivity index (χ1) is 28.6. The van der Waals surface area contributed by atoms with Crippen LogP contribution in [-0.2, 0) is 76.5 Å². The van der Waals surface area contributed by atoms with Crippen molar-refractivity contribution in [2.75, 3.05) is 46.2 Å². The molecule has 0 spiro atoms. The standard InChI is InChI=1S/C46H61FO13/c1-9-13-14-15-16-17-19-33-21-22-36(38(47)24-33)37-25-35(20-18-23-56-40(48)31(5)6)39(26-34(37)10-2)57-27-46(28-58-41(49)32(7)8,29-59-44(52)42(50)54-11-3)30-60-45(53)43(51)55-12-4/h21-22,24-26H,5,7,9-20,23,27-30H2,1-4,6,8H3. The van der Waals surface area contributed by atoms with Crippen molar-refractivity contribution in [2.24, 2.45) is 5.41 Å². The summed E-state index contributed by atoms with van der Waals surface area (Å²) in [6.45, 7) is 14.5. The summed E-state index contributed by atoms with van der Waals surface area (Å²) in [7, 11) is 0. The van der Waals surface area contributed by atoms with Gasteiger partial charge in [-0.2, -0.15) is 0 Å². The number of aryl methyl sites for hydroxylation is 3. The van der Waals surface area contributed by atoms with Gasteiger partial charge in [0, 0.05) is 16.7 Å². The van der Waals surface area contributed by atoms with Crippen molar-refractivity contribution in [3.05, 3.63) is 77.1 Å². The molecule has 13 nitrogen and oxygen atoms in total. The third-order valence-corrected chi connectivity index (χ3v) is 9.28. The van der Waals surface area contributed by atoms with E-state index in [0.717, 1.165) is 31.2 Å². The molecule has 0 fully saturated rings. The summed E-state index contributed by atoms with van der Waals surface area (Å²) in [5.41, 5.74) is 1.73. The van der Waals surface area contributed by atoms with Gasteiger partial charge in [0.2, 0.25) is 0 Å². The largest absolute Gasteiger partial charge is 0.492 e. The molecule has 0 N–H and O–H groups in total. The second-order valence-electron chi connectivity index (χ2n) is 14.6. The van der Waals surface area contributed by atoms with E-state index in [-0.39, 0.29) is 49.0 Å². The molecule has 0 saturated heterocycles. The first-order valence-electron chi connectivity index (χ1n) is 20.5. The number of carbonyl (C=O) groups excluding carboxylic acids is 6. The van der Waals surface area contributed by atoms with Gasteiger partial charge in [0.1, 0.15) is 43.4 Å². The van der Waals surface area contributed by atoms with Gasteiger partial charge in [-0.15, -0.1) is 0 Å². The highest BCUT2D eigenvalue weighted by atomic mass is 19.1. The van der Waals surface area contributed by atoms with Crippen LogP contribution in [0.5, 0.6) is 5.75 Å². The Bertz CT molecular complexity index is 1780. The van der Waals surface area contributed by atoms with Gasteiger partial charge in [0.05, 0.1) is 19.8 Å². The molecular weight excluding hydrogens is 779 g/mol. The van der Waals surface area contributed by atoms with E-state index in [2.05, 4.69) is 20.1 Å². The van der Waals surface area contributed by atoms with Crippen molar-refractivity contribution in [1.29, 1.82) is 0 Å². The van der Waals surface area contributed by atoms with Gasteiger partial charge in [0.15, 0.2) is 0 Å². The first-order valence-corrected chi connectivity index (χ1v) is 20.5. The van der Waals surface area contributed by atoms with E-state index in [1.54, 1.807) is 24.3 Å². The molecule has 0 bridgehead atoms. The predicted octanol–water partition coefficient (Wildman–Crippen LogP) is 7.71. The summed E-state index contributed by atoms with van der Waals surface area (Å²) in [6, 6.07) is 8.80. The maximum atomic E-state index is 16.0. The number of unbranched alkanes of at least 4 members (excludes halogenated alkanes) is 5. The number of hydrogen-bond donors (Lipinski definition) is 0. The van der Waals surface area contributed by atoms with E-state index < -0.39 is 67.7 Å². The lowest BCUT2D eigenvalue weighted by molar-refractivity contribution is -0.178. The maximum absolute atomic E-state index is 16.0. The van der Waals surface area contributed by atoms with Gasteiger partial charge >= 0.3 is 35.8 Å². The van der Waals surface area contributed by atoms with E-state index in [9.17, 15) is 28.8 Å². The van der Waals surface area contributed by atoms with Crippen LogP contribution in [0.3, 0.4) is 0 Å². The number of esters is 6. The Morgan fingerprint density at radius 3 is 1.63 bits per heavy atom. The molecule has 0 radical (unpaired) electrons. The number of hydrogen-bond acceptors (Lipinski definition) is 13. The van der Waals surface area contributed by atoms with E-state index in [1.165, 1.54) is 47.0 Å². The highest BCUT2D eigenvalue weighted by Gasteiger charge is 2.39. The Balaban J connectivity index is 2.63. The summed E-state index contributed by atoms with van der Waals surface area (Å²) in [6.07, 6.45) is 8.59. The third-order valence-electron chi connectivity index (χ3n) is 9.28. The summed E-state index contributed by atoms with van der Waals surface area (Å²) in [5.74, 6) is -6.85. The molecule has 0 unspecified atom stereocenters. The molecule has 330 valence electrons. The number of ether oxygens (including phenoxy) is 7. The van der Waals surface area contributed by atoms with Gasteiger partial charge in [-0.25, -0.2) is 33.2 Å². The Hall–Kier alpha value is -5.53. The molecule has 2 aromatic rings. The quantitative estimate of drug-likeness (QED) is 0.0297. The summed E-state index contributed by atoms with van der Waals surface area (Å²) in [4.78, 5) is 74.3. The first kappa shape index (κ1) is 50.6. The van der Waals surface area contributed by atoms with Gasteiger partial charge in [-0.3, -0.25) is 0 Å². The van der Waals surface area contributed by atoms with Crippen molar-refractivity contribution < 1.29 is 66.3 Å². The molecule has 0 heterocycles. The second-order valence-corrected chi connectivity index (χ2v) is 14.6. The minimum Gasteiger partial charge on any atom is -0.492 e. The van der Waals surface area contributed by atoms with Gasteiger partial charge < -0.3 is 33.2 Å². The lowest BCUT2D eigenvalue weighted by atomic mass is 9.91. The van der Waals surface area contributed by atoms with Crippen molar-refractivity contribution in [1.82, 2.24) is 0 Å². The van der Waals surface area contributed by atoms with Crippen molar-refractivity contribution in [3.63, 3.8) is 0 Å². The van der Waals surface area contributed by atoms with Crippen LogP contribution in [0, 0.1) is 11.2 Å². The normalized spacial score (nSPS) is 10.9. The second kappa shape index (κ2) is 26.5. The maximum Gasteiger partial charge on any atom is 0.417 e. The van der Waals surface area contributed by atoms with Crippen LogP contribution in [0.25, 0.3) is 11.1 Å². The topological polar surface area (TPSA) is 167 Å². The highest BCUT2D eigenvalue weighted by molar-refractivity contribution is 6.30. The van der Waals surface area contributed by atoms with Gasteiger partial charge in [-0.1, -0.05) is 71.2 Å². The lowest BCUT2D eigenvalue weighted by Crippen LogP contribution is -2.45. The zero-order valence-electron chi connectivity index (χ0n) is 36.0. The smallest absolute Gasteiger partial charge is 0.417 e. The van der Waals surface area contributed by atoms with Crippen LogP contribution in [0.2, 0.25) is 0 Å². The van der Waals surface area contributed by atoms with Crippen LogP contribution < -0.4 is 4.74 Å². The monoisotopic (exact) mass is 840 g/mol. The van der Waals surface area contributed by atoms with Gasteiger partial charge in [-0.05, 0) is 100 Å². The third kappa shape index (κ3) is 17.0. The summed E-state index contributed by atoms with van der Waals surface area (Å²) < 4.78 is 53.2. The lowest BCUT2D eigenvalue weighted by Gasteiger charge is -2.32. The number of rotatable bonds is 26. The Labute approximate surface area is 352 Å². The van der Waals surface area contributed by atoms with Gasteiger partial charge in [0.25, 0.3) is 0 Å². The zero-order valence-corrected chi connectivity index (χ0v) is 36.0. The molecule has 0 aliphatic carbocycles. The van der Waals surface area contributed by atoms with E-state index in [1.807, 2.05) is 13.0 Å². The fourth-order valence-corrected chi connectivity index (χ4v) is 5.89. The van der Waals surface area contributed by atoms with Crippen LogP contribution in [0.15, 0.2) is 54.6 Å². The predicted molar refractivity (Wildman–Crippen MR) is 221 cm³/mol. The van der Waals surface area contributed by atoms with Crippen molar-refractivity contribution in [2.45, 2.75) is 106 Å². The molecule has 2 rings (SSSR count). The Kier molecular flexibility index (Phi) is 22.4. The minimum absolute atomic E-state index is 0.0253. The molecule has 0 aliphatic heterocycles. The van der Waals surface area contributed by atoms with Crippen LogP contribution in [-0.4, -0.2) is 82.1 Å². The molecule has 0 aliphatic rings. The number of halogens is 1. The van der Waals surface area contributed by atoms with Crippen molar-refractivity contribution in [3.8, 4) is 16.9 Å². The minimum atomic E-state index is -1.73. The fraction of sp³-hybridized carbons (Fsp3) is 0.522. The molecule has 0 atom stereocenters. The van der Waals surface area contributed by atoms with Crippen molar-refractivity contribution >= 4 is 35.8 Å². The molecule has 14 heteroatoms. The Morgan fingerprint density at radius 1 is 0.567 bits per heavy atom. The number of carbonyl (C=O) groups is 6. The Morgan fingerprint density at radius 2 is 1.10 bits per heavy atom. The molecule has 0 aromatic heterocycles. The van der Waals surface area contributed by atoms with Crippen LogP contribution in [0.4, 0.5) is 4.39 Å². The SMILES string of the molecule is C=C(C)C(=O)OCCCc1cc(-c2ccc(CCCCCCCC)cc2F)c(CC)cc1OCC(COC(=O)C(=C)C)(COC(=O)C(=O)OCC)COC(=O)C(=O)OCC. The fourth-order valence-electron chi connectivity index (χ4n) is 5.89. The molecular formula is C46H61FO13. The van der Waals surface area contributed by atoms with E-state index in [0.29, 0.717) is 35.1 Å². The van der Waals surface area contributed by atoms with Crippen LogP contribution in [0.1, 0.15) is 103 Å². The average Bonchev–Trinajstić information content (AvgIpc) is 3.22. The van der Waals surface area contributed by atoms with E-state index in [4.69, 9.17) is 33.2 Å². The summed E-state index contributed by atoms with van der Waals surface area (Å²) >= 11 is 0. The zero-order chi connectivity index (χ0) is 44.7. The molecule has 60 heavy (non-hydrogen) atoms. The van der Waals surface area contributed by atoms with E-state index >= 15 is 4.39 Å².